The molecule has 0 fully saturated rings. The summed E-state index contributed by atoms with van der Waals surface area (Å²) in [6.45, 7) is 7.19. The number of hydrogen-bond donors (Lipinski definition) is 0. The van der Waals surface area contributed by atoms with Crippen LogP contribution in [0.5, 0.6) is 0 Å². The smallest absolute Gasteiger partial charge is 0.306 e. The van der Waals surface area contributed by atoms with Crippen LogP contribution in [0.4, 0.5) is 0 Å². The van der Waals surface area contributed by atoms with Gasteiger partial charge in [-0.05, 0) is 103 Å². The average molecular weight is 799 g/mol. The lowest BCUT2D eigenvalue weighted by Crippen LogP contribution is -2.30. The Morgan fingerprint density at radius 1 is 0.397 bits per heavy atom. The van der Waals surface area contributed by atoms with Crippen molar-refractivity contribution in [2.45, 2.75) is 168 Å². The first-order valence-corrected chi connectivity index (χ1v) is 22.7. The molecular formula is C53H82O5. The number of allylic oxidation sites excluding steroid dienone is 21. The normalized spacial score (nSPS) is 13.5. The maximum Gasteiger partial charge on any atom is 0.306 e. The molecule has 0 aromatic rings. The number of ether oxygens (including phenoxy) is 3. The lowest BCUT2D eigenvalue weighted by Gasteiger charge is -2.18. The first kappa shape index (κ1) is 54.0. The quantitative estimate of drug-likeness (QED) is 0.0352. The minimum atomic E-state index is -0.620. The van der Waals surface area contributed by atoms with Gasteiger partial charge < -0.3 is 14.2 Å². The molecule has 0 aliphatic carbocycles. The Morgan fingerprint density at radius 2 is 0.810 bits per heavy atom. The fourth-order valence-electron chi connectivity index (χ4n) is 5.39. The summed E-state index contributed by atoms with van der Waals surface area (Å²) in [6, 6.07) is 0. The van der Waals surface area contributed by atoms with E-state index in [0.29, 0.717) is 19.4 Å². The van der Waals surface area contributed by atoms with E-state index in [1.54, 1.807) is 0 Å². The van der Waals surface area contributed by atoms with Gasteiger partial charge in [-0.15, -0.1) is 0 Å². The lowest BCUT2D eigenvalue weighted by molar-refractivity contribution is -0.162. The summed E-state index contributed by atoms with van der Waals surface area (Å²) in [5.41, 5.74) is 0. The van der Waals surface area contributed by atoms with Crippen LogP contribution in [0.25, 0.3) is 0 Å². The molecule has 0 aromatic carbocycles. The molecule has 0 radical (unpaired) electrons. The molecule has 0 heterocycles. The second-order valence-electron chi connectivity index (χ2n) is 14.2. The highest BCUT2D eigenvalue weighted by atomic mass is 16.6. The van der Waals surface area contributed by atoms with E-state index < -0.39 is 6.10 Å². The number of carbonyl (C=O) groups is 2. The molecule has 0 aliphatic heterocycles. The maximum absolute atomic E-state index is 12.7. The van der Waals surface area contributed by atoms with Gasteiger partial charge in [0.05, 0.1) is 13.2 Å². The van der Waals surface area contributed by atoms with Gasteiger partial charge in [-0.25, -0.2) is 0 Å². The minimum Gasteiger partial charge on any atom is -0.462 e. The SMILES string of the molecule is CC/C=C\C/C=C\C/C=C\C/C=C\C/C=C\CCOCC(COC(=O)CC/C=C\C/C=C\C/C=C\C/C=C\CC)OC(=O)CCCCCCC/C=C\C/C=C\CCC. The molecule has 0 aliphatic rings. The predicted octanol–water partition coefficient (Wildman–Crippen LogP) is 15.2. The van der Waals surface area contributed by atoms with Gasteiger partial charge in [0.2, 0.25) is 0 Å². The third-order valence-corrected chi connectivity index (χ3v) is 8.67. The summed E-state index contributed by atoms with van der Waals surface area (Å²) in [5, 5.41) is 0. The summed E-state index contributed by atoms with van der Waals surface area (Å²) >= 11 is 0. The molecule has 0 N–H and O–H groups in total. The molecule has 58 heavy (non-hydrogen) atoms. The topological polar surface area (TPSA) is 61.8 Å². The third kappa shape index (κ3) is 44.8. The van der Waals surface area contributed by atoms with Gasteiger partial charge in [0.25, 0.3) is 0 Å². The van der Waals surface area contributed by atoms with Crippen LogP contribution in [0.2, 0.25) is 0 Å². The number of carbonyl (C=O) groups excluding carboxylic acids is 2. The van der Waals surface area contributed by atoms with Gasteiger partial charge >= 0.3 is 11.9 Å². The Kier molecular flexibility index (Phi) is 44.2. The molecule has 0 bridgehead atoms. The molecule has 0 saturated carbocycles. The fraction of sp³-hybridized carbons (Fsp3) is 0.547. The van der Waals surface area contributed by atoms with Crippen molar-refractivity contribution in [3.8, 4) is 0 Å². The summed E-state index contributed by atoms with van der Waals surface area (Å²) < 4.78 is 17.1. The van der Waals surface area contributed by atoms with Crippen molar-refractivity contribution in [1.29, 1.82) is 0 Å². The van der Waals surface area contributed by atoms with Crippen LogP contribution >= 0.6 is 0 Å². The van der Waals surface area contributed by atoms with Crippen molar-refractivity contribution in [1.82, 2.24) is 0 Å². The lowest BCUT2D eigenvalue weighted by atomic mass is 10.1. The summed E-state index contributed by atoms with van der Waals surface area (Å²) in [7, 11) is 0. The van der Waals surface area contributed by atoms with Crippen molar-refractivity contribution in [2.24, 2.45) is 0 Å². The first-order chi connectivity index (χ1) is 28.6. The first-order valence-electron chi connectivity index (χ1n) is 22.7. The minimum absolute atomic E-state index is 0.00234. The van der Waals surface area contributed by atoms with Crippen LogP contribution in [-0.4, -0.2) is 37.9 Å². The zero-order valence-electron chi connectivity index (χ0n) is 37.0. The second kappa shape index (κ2) is 47.4. The van der Waals surface area contributed by atoms with Gasteiger partial charge in [0, 0.05) is 12.8 Å². The van der Waals surface area contributed by atoms with Crippen LogP contribution in [0.1, 0.15) is 162 Å². The molecule has 5 nitrogen and oxygen atoms in total. The monoisotopic (exact) mass is 799 g/mol. The highest BCUT2D eigenvalue weighted by Crippen LogP contribution is 2.10. The Balaban J connectivity index is 4.54. The van der Waals surface area contributed by atoms with Crippen LogP contribution in [0, 0.1) is 0 Å². The summed E-state index contributed by atoms with van der Waals surface area (Å²) in [6.07, 6.45) is 67.7. The van der Waals surface area contributed by atoms with E-state index in [4.69, 9.17) is 14.2 Å². The van der Waals surface area contributed by atoms with E-state index in [1.165, 1.54) is 12.8 Å². The van der Waals surface area contributed by atoms with Crippen LogP contribution < -0.4 is 0 Å². The summed E-state index contributed by atoms with van der Waals surface area (Å²) in [4.78, 5) is 25.2. The van der Waals surface area contributed by atoms with E-state index in [9.17, 15) is 9.59 Å². The van der Waals surface area contributed by atoms with Crippen molar-refractivity contribution >= 4 is 11.9 Å². The Bertz CT molecular complexity index is 1270. The Morgan fingerprint density at radius 3 is 1.31 bits per heavy atom. The highest BCUT2D eigenvalue weighted by Gasteiger charge is 2.17. The molecule has 1 atom stereocenters. The molecule has 324 valence electrons. The fourth-order valence-corrected chi connectivity index (χ4v) is 5.39. The highest BCUT2D eigenvalue weighted by molar-refractivity contribution is 5.70. The number of esters is 2. The predicted molar refractivity (Wildman–Crippen MR) is 251 cm³/mol. The zero-order valence-corrected chi connectivity index (χ0v) is 37.0. The molecule has 0 saturated heterocycles. The van der Waals surface area contributed by atoms with Gasteiger partial charge in [-0.2, -0.15) is 0 Å². The van der Waals surface area contributed by atoms with Crippen molar-refractivity contribution < 1.29 is 23.8 Å². The standard InChI is InChI=1S/C53H82O5/c1-4-7-10-13-16-19-22-25-26-27-30-33-36-39-42-45-48-56-49-51(58-53(55)47-44-41-38-35-32-29-24-21-18-15-12-9-6-3)50-57-52(54)46-43-40-37-34-31-28-23-20-17-14-11-8-5-2/h7-8,10-12,15-17,19-21,24-26,28,30-31,33,37,39-40,42,51H,4-6,9,13-14,18,22-23,27,29,32,34-36,38,41,43-50H2,1-3H3/b10-7-,11-8-,15-12-,19-16-,20-17-,24-21-,26-25-,31-28-,33-30-,40-37-,42-39-. The van der Waals surface area contributed by atoms with E-state index in [0.717, 1.165) is 109 Å². The van der Waals surface area contributed by atoms with E-state index in [-0.39, 0.29) is 31.6 Å². The largest absolute Gasteiger partial charge is 0.462 e. The number of hydrogen-bond acceptors (Lipinski definition) is 5. The summed E-state index contributed by atoms with van der Waals surface area (Å²) in [5.74, 6) is -0.563. The maximum atomic E-state index is 12.7. The molecule has 0 aromatic heterocycles. The van der Waals surface area contributed by atoms with Crippen molar-refractivity contribution in [3.05, 3.63) is 134 Å². The third-order valence-electron chi connectivity index (χ3n) is 8.67. The van der Waals surface area contributed by atoms with Crippen molar-refractivity contribution in [3.63, 3.8) is 0 Å². The second-order valence-corrected chi connectivity index (χ2v) is 14.2. The Labute approximate surface area is 356 Å². The molecule has 0 rings (SSSR count). The molecular weight excluding hydrogens is 717 g/mol. The zero-order chi connectivity index (χ0) is 42.1. The average Bonchev–Trinajstić information content (AvgIpc) is 3.22. The molecule has 1 unspecified atom stereocenters. The van der Waals surface area contributed by atoms with E-state index in [2.05, 4.69) is 148 Å². The van der Waals surface area contributed by atoms with Gasteiger partial charge in [0.15, 0.2) is 6.10 Å². The molecule has 5 heteroatoms. The molecule has 0 spiro atoms. The molecule has 0 amide bonds. The van der Waals surface area contributed by atoms with E-state index >= 15 is 0 Å². The van der Waals surface area contributed by atoms with Gasteiger partial charge in [-0.1, -0.05) is 180 Å². The van der Waals surface area contributed by atoms with Gasteiger partial charge in [-0.3, -0.25) is 9.59 Å². The number of rotatable bonds is 39. The van der Waals surface area contributed by atoms with Crippen LogP contribution in [-0.2, 0) is 23.8 Å². The number of unbranched alkanes of at least 4 members (excludes halogenated alkanes) is 6. The Hall–Kier alpha value is -3.96. The van der Waals surface area contributed by atoms with Crippen LogP contribution in [0.15, 0.2) is 134 Å². The van der Waals surface area contributed by atoms with E-state index in [1.807, 2.05) is 6.08 Å². The van der Waals surface area contributed by atoms with Crippen LogP contribution in [0.3, 0.4) is 0 Å². The van der Waals surface area contributed by atoms with Crippen molar-refractivity contribution in [2.75, 3.05) is 19.8 Å². The van der Waals surface area contributed by atoms with Gasteiger partial charge in [0.1, 0.15) is 6.61 Å².